The molecule has 1 heterocycles. The Morgan fingerprint density at radius 2 is 1.75 bits per heavy atom. The lowest BCUT2D eigenvalue weighted by Gasteiger charge is -2.08. The van der Waals surface area contributed by atoms with E-state index in [4.69, 9.17) is 21.6 Å². The minimum Gasteiger partial charge on any atom is -0.437 e. The maximum atomic E-state index is 9.08. The van der Waals surface area contributed by atoms with E-state index in [1.807, 2.05) is 24.3 Å². The fourth-order valence-corrected chi connectivity index (χ4v) is 2.02. The summed E-state index contributed by atoms with van der Waals surface area (Å²) in [5.41, 5.74) is 1.13. The summed E-state index contributed by atoms with van der Waals surface area (Å²) in [6.45, 7) is 0. The number of halogens is 1. The number of aromatic nitrogens is 2. The van der Waals surface area contributed by atoms with Crippen LogP contribution in [0.1, 0.15) is 5.56 Å². The van der Waals surface area contributed by atoms with Gasteiger partial charge in [0.25, 0.3) is 0 Å². The average Bonchev–Trinajstić information content (AvgIpc) is 2.47. The van der Waals surface area contributed by atoms with Crippen molar-refractivity contribution in [3.63, 3.8) is 0 Å². The molecule has 20 heavy (non-hydrogen) atoms. The van der Waals surface area contributed by atoms with E-state index in [0.717, 1.165) is 5.39 Å². The molecule has 3 rings (SSSR count). The quantitative estimate of drug-likeness (QED) is 0.667. The molecule has 0 N–H and O–H groups in total. The Bertz CT molecular complexity index is 827. The van der Waals surface area contributed by atoms with Gasteiger partial charge in [0.2, 0.25) is 11.2 Å². The van der Waals surface area contributed by atoms with Crippen molar-refractivity contribution >= 4 is 22.5 Å². The monoisotopic (exact) mass is 281 g/mol. The fraction of sp³-hybridized carbons (Fsp3) is 0. The van der Waals surface area contributed by atoms with Crippen molar-refractivity contribution in [2.45, 2.75) is 0 Å². The highest BCUT2D eigenvalue weighted by Crippen LogP contribution is 2.29. The van der Waals surface area contributed by atoms with Gasteiger partial charge in [0, 0.05) is 0 Å². The van der Waals surface area contributed by atoms with Gasteiger partial charge >= 0.3 is 0 Å². The van der Waals surface area contributed by atoms with Crippen molar-refractivity contribution in [2.24, 2.45) is 0 Å². The highest BCUT2D eigenvalue weighted by Gasteiger charge is 2.10. The highest BCUT2D eigenvalue weighted by molar-refractivity contribution is 6.28. The van der Waals surface area contributed by atoms with Crippen LogP contribution in [0.2, 0.25) is 5.28 Å². The lowest BCUT2D eigenvalue weighted by Crippen LogP contribution is -1.94. The zero-order chi connectivity index (χ0) is 13.9. The molecule has 0 unspecified atom stereocenters. The number of fused-ring (bicyclic) bond motifs is 1. The van der Waals surface area contributed by atoms with E-state index in [-0.39, 0.29) is 5.28 Å². The number of ether oxygens (including phenoxy) is 1. The number of nitriles is 1. The van der Waals surface area contributed by atoms with Crippen LogP contribution in [0.5, 0.6) is 11.6 Å². The van der Waals surface area contributed by atoms with Crippen LogP contribution in [-0.4, -0.2) is 9.97 Å². The van der Waals surface area contributed by atoms with Crippen molar-refractivity contribution in [3.05, 3.63) is 59.4 Å². The van der Waals surface area contributed by atoms with Gasteiger partial charge in [0.15, 0.2) is 0 Å². The molecule has 4 nitrogen and oxygen atoms in total. The second-order valence-electron chi connectivity index (χ2n) is 4.02. The molecular formula is C15H8ClN3O. The van der Waals surface area contributed by atoms with Crippen LogP contribution in [0.25, 0.3) is 10.9 Å². The Balaban J connectivity index is 2.14. The SMILES string of the molecule is N#Cc1ccccc1Oc1nc(Cl)nc2ccccc12. The van der Waals surface area contributed by atoms with E-state index in [9.17, 15) is 0 Å². The molecule has 0 aliphatic carbocycles. The van der Waals surface area contributed by atoms with E-state index in [1.165, 1.54) is 0 Å². The predicted molar refractivity (Wildman–Crippen MR) is 75.8 cm³/mol. The standard InChI is InChI=1S/C15H8ClN3O/c16-15-18-12-7-3-2-6-11(12)14(19-15)20-13-8-4-1-5-10(13)9-17/h1-8H. The lowest BCUT2D eigenvalue weighted by atomic mass is 10.2. The molecule has 0 fully saturated rings. The van der Waals surface area contributed by atoms with Crippen LogP contribution in [0.4, 0.5) is 0 Å². The van der Waals surface area contributed by atoms with Crippen molar-refractivity contribution < 1.29 is 4.74 Å². The first-order valence-corrected chi connectivity index (χ1v) is 6.25. The zero-order valence-corrected chi connectivity index (χ0v) is 11.0. The Hall–Kier alpha value is -2.64. The molecule has 2 aromatic carbocycles. The summed E-state index contributed by atoms with van der Waals surface area (Å²) < 4.78 is 5.74. The third-order valence-corrected chi connectivity index (χ3v) is 2.92. The number of para-hydroxylation sites is 2. The lowest BCUT2D eigenvalue weighted by molar-refractivity contribution is 0.467. The molecular weight excluding hydrogens is 274 g/mol. The summed E-state index contributed by atoms with van der Waals surface area (Å²) in [6.07, 6.45) is 0. The smallest absolute Gasteiger partial charge is 0.231 e. The average molecular weight is 282 g/mol. The minimum atomic E-state index is 0.105. The summed E-state index contributed by atoms with van der Waals surface area (Å²) in [4.78, 5) is 8.22. The molecule has 0 saturated heterocycles. The van der Waals surface area contributed by atoms with Gasteiger partial charge in [-0.15, -0.1) is 0 Å². The molecule has 0 spiro atoms. The van der Waals surface area contributed by atoms with Crippen molar-refractivity contribution in [3.8, 4) is 17.7 Å². The summed E-state index contributed by atoms with van der Waals surface area (Å²) in [7, 11) is 0. The summed E-state index contributed by atoms with van der Waals surface area (Å²) >= 11 is 5.90. The van der Waals surface area contributed by atoms with Crippen LogP contribution >= 0.6 is 11.6 Å². The summed E-state index contributed by atoms with van der Waals surface area (Å²) in [5.74, 6) is 0.776. The molecule has 0 aliphatic heterocycles. The molecule has 0 saturated carbocycles. The van der Waals surface area contributed by atoms with Gasteiger partial charge in [0.05, 0.1) is 16.5 Å². The molecule has 5 heteroatoms. The maximum Gasteiger partial charge on any atom is 0.231 e. The first kappa shape index (κ1) is 12.4. The van der Waals surface area contributed by atoms with Gasteiger partial charge in [-0.1, -0.05) is 24.3 Å². The third-order valence-electron chi connectivity index (χ3n) is 2.76. The summed E-state index contributed by atoms with van der Waals surface area (Å²) in [6, 6.07) is 16.4. The largest absolute Gasteiger partial charge is 0.437 e. The zero-order valence-electron chi connectivity index (χ0n) is 10.2. The van der Waals surface area contributed by atoms with Crippen molar-refractivity contribution in [2.75, 3.05) is 0 Å². The van der Waals surface area contributed by atoms with Crippen LogP contribution in [0.15, 0.2) is 48.5 Å². The van der Waals surface area contributed by atoms with Gasteiger partial charge in [-0.05, 0) is 35.9 Å². The number of hydrogen-bond acceptors (Lipinski definition) is 4. The van der Waals surface area contributed by atoms with Gasteiger partial charge < -0.3 is 4.74 Å². The normalized spacial score (nSPS) is 10.2. The number of rotatable bonds is 2. The Morgan fingerprint density at radius 1 is 1.00 bits per heavy atom. The van der Waals surface area contributed by atoms with Gasteiger partial charge in [0.1, 0.15) is 11.8 Å². The van der Waals surface area contributed by atoms with Gasteiger partial charge in [-0.3, -0.25) is 0 Å². The number of hydrogen-bond donors (Lipinski definition) is 0. The molecule has 1 aromatic heterocycles. The fourth-order valence-electron chi connectivity index (χ4n) is 1.85. The molecule has 96 valence electrons. The van der Waals surface area contributed by atoms with Crippen molar-refractivity contribution in [1.29, 1.82) is 5.26 Å². The van der Waals surface area contributed by atoms with Gasteiger partial charge in [-0.25, -0.2) is 4.98 Å². The topological polar surface area (TPSA) is 58.8 Å². The Labute approximate surface area is 120 Å². The van der Waals surface area contributed by atoms with Crippen LogP contribution < -0.4 is 4.74 Å². The molecule has 0 radical (unpaired) electrons. The van der Waals surface area contributed by atoms with E-state index in [2.05, 4.69) is 16.0 Å². The number of benzene rings is 2. The highest BCUT2D eigenvalue weighted by atomic mass is 35.5. The Morgan fingerprint density at radius 3 is 2.60 bits per heavy atom. The molecule has 3 aromatic rings. The summed E-state index contributed by atoms with van der Waals surface area (Å²) in [5, 5.41) is 9.92. The molecule has 0 bridgehead atoms. The van der Waals surface area contributed by atoms with E-state index < -0.39 is 0 Å². The first-order valence-electron chi connectivity index (χ1n) is 5.87. The maximum absolute atomic E-state index is 9.08. The Kier molecular flexibility index (Phi) is 3.20. The van der Waals surface area contributed by atoms with E-state index >= 15 is 0 Å². The van der Waals surface area contributed by atoms with Crippen molar-refractivity contribution in [1.82, 2.24) is 9.97 Å². The van der Waals surface area contributed by atoms with E-state index in [1.54, 1.807) is 24.3 Å². The molecule has 0 atom stereocenters. The molecule has 0 amide bonds. The second-order valence-corrected chi connectivity index (χ2v) is 4.36. The first-order chi connectivity index (χ1) is 9.78. The van der Waals surface area contributed by atoms with Crippen LogP contribution in [0.3, 0.4) is 0 Å². The minimum absolute atomic E-state index is 0.105. The predicted octanol–water partition coefficient (Wildman–Crippen LogP) is 3.95. The second kappa shape index (κ2) is 5.16. The third kappa shape index (κ3) is 2.27. The van der Waals surface area contributed by atoms with Gasteiger partial charge in [-0.2, -0.15) is 10.2 Å². The van der Waals surface area contributed by atoms with Crippen LogP contribution in [0, 0.1) is 11.3 Å². The molecule has 0 aliphatic rings. The van der Waals surface area contributed by atoms with Crippen LogP contribution in [-0.2, 0) is 0 Å². The van der Waals surface area contributed by atoms with E-state index in [0.29, 0.717) is 22.7 Å². The number of nitrogens with zero attached hydrogens (tertiary/aromatic N) is 3.